The van der Waals surface area contributed by atoms with E-state index >= 15 is 0 Å². The Morgan fingerprint density at radius 2 is 1.25 bits per heavy atom. The molecule has 1 nitrogen and oxygen atoms in total. The molecule has 0 aromatic rings. The van der Waals surface area contributed by atoms with Crippen LogP contribution in [0.25, 0.3) is 0 Å². The Labute approximate surface area is 64.7 Å². The number of hydrogen-bond donors (Lipinski definition) is 0. The van der Waals surface area contributed by atoms with Gasteiger partial charge in [-0.1, -0.05) is 0 Å². The van der Waals surface area contributed by atoms with Gasteiger partial charge in [0.2, 0.25) is 0 Å². The van der Waals surface area contributed by atoms with E-state index in [2.05, 4.69) is 6.57 Å². The molecule has 4 heavy (non-hydrogen) atoms. The summed E-state index contributed by atoms with van der Waals surface area (Å²) in [5.74, 6) is 0. The number of nitriles is 1. The van der Waals surface area contributed by atoms with Crippen molar-refractivity contribution in [3.63, 3.8) is 0 Å². The third kappa shape index (κ3) is 10.7. The molecule has 0 aromatic carbocycles. The molecule has 0 unspecified atom stereocenters. The SMILES string of the molecule is C#N.I.[NaH]. The van der Waals surface area contributed by atoms with Gasteiger partial charge in [0, 0.05) is 6.57 Å². The second kappa shape index (κ2) is 29.4. The van der Waals surface area contributed by atoms with E-state index in [0.29, 0.717) is 0 Å². The van der Waals surface area contributed by atoms with Gasteiger partial charge in [0.05, 0.1) is 0 Å². The summed E-state index contributed by atoms with van der Waals surface area (Å²) in [5, 5.41) is 6.50. The van der Waals surface area contributed by atoms with Crippen LogP contribution in [0.5, 0.6) is 0 Å². The van der Waals surface area contributed by atoms with Gasteiger partial charge < -0.3 is 0 Å². The molecule has 0 fully saturated rings. The van der Waals surface area contributed by atoms with Gasteiger partial charge in [-0.05, 0) is 0 Å². The van der Waals surface area contributed by atoms with E-state index in [0.717, 1.165) is 0 Å². The van der Waals surface area contributed by atoms with Crippen molar-refractivity contribution in [3.05, 3.63) is 0 Å². The number of rotatable bonds is 0. The second-order valence-electron chi connectivity index (χ2n) is 0. The van der Waals surface area contributed by atoms with Crippen molar-refractivity contribution in [1.82, 2.24) is 0 Å². The van der Waals surface area contributed by atoms with Gasteiger partial charge in [0.1, 0.15) is 0 Å². The molecule has 0 N–H and O–H groups in total. The molecule has 0 bridgehead atoms. The molecule has 0 aliphatic rings. The fourth-order valence-electron chi connectivity index (χ4n) is 0. The molecule has 3 heteroatoms. The van der Waals surface area contributed by atoms with E-state index in [1.807, 2.05) is 0 Å². The van der Waals surface area contributed by atoms with Crippen molar-refractivity contribution in [1.29, 1.82) is 5.26 Å². The van der Waals surface area contributed by atoms with Crippen LogP contribution in [0.2, 0.25) is 0 Å². The van der Waals surface area contributed by atoms with Crippen LogP contribution >= 0.6 is 24.0 Å². The average Bonchev–Trinajstić information content (AvgIpc) is 1.00. The molecule has 0 saturated carbocycles. The Kier molecular flexibility index (Phi) is 139. The molecule has 0 aromatic heterocycles. The van der Waals surface area contributed by atoms with Crippen molar-refractivity contribution in [2.75, 3.05) is 0 Å². The Balaban J connectivity index is -0.00000000500. The minimum atomic E-state index is 0. The molecule has 0 aliphatic carbocycles. The van der Waals surface area contributed by atoms with Gasteiger partial charge in [0.15, 0.2) is 0 Å². The first-order valence-electron chi connectivity index (χ1n) is 0.258. The number of halogens is 1. The molecular formula is CH3INNa. The molecule has 0 aliphatic heterocycles. The van der Waals surface area contributed by atoms with Crippen LogP contribution in [0.1, 0.15) is 0 Å². The van der Waals surface area contributed by atoms with E-state index in [-0.39, 0.29) is 53.5 Å². The first kappa shape index (κ1) is 18.9. The van der Waals surface area contributed by atoms with Crippen LogP contribution in [0.15, 0.2) is 0 Å². The third-order valence-corrected chi connectivity index (χ3v) is 0. The molecule has 20 valence electrons. The van der Waals surface area contributed by atoms with Crippen molar-refractivity contribution in [3.8, 4) is 6.57 Å². The summed E-state index contributed by atoms with van der Waals surface area (Å²) in [6.07, 6.45) is 0. The van der Waals surface area contributed by atoms with Crippen LogP contribution in [0, 0.1) is 11.8 Å². The fourth-order valence-corrected chi connectivity index (χ4v) is 0. The van der Waals surface area contributed by atoms with Crippen LogP contribution in [0.3, 0.4) is 0 Å². The summed E-state index contributed by atoms with van der Waals surface area (Å²) in [7, 11) is 0. The van der Waals surface area contributed by atoms with Crippen molar-refractivity contribution in [2.45, 2.75) is 0 Å². The zero-order valence-electron chi connectivity index (χ0n) is 1.43. The Morgan fingerprint density at radius 1 is 1.25 bits per heavy atom. The monoisotopic (exact) mass is 179 g/mol. The van der Waals surface area contributed by atoms with Crippen molar-refractivity contribution < 1.29 is 0 Å². The zero-order valence-corrected chi connectivity index (χ0v) is 3.76. The standard InChI is InChI=1S/CHN.HI.Na.H/c1-2;;;/h1H;1H;;. The molecule has 0 heterocycles. The minimum absolute atomic E-state index is 0. The predicted molar refractivity (Wildman–Crippen MR) is 29.2 cm³/mol. The van der Waals surface area contributed by atoms with Crippen LogP contribution in [-0.4, -0.2) is 29.6 Å². The average molecular weight is 179 g/mol. The summed E-state index contributed by atoms with van der Waals surface area (Å²) in [6, 6.07) is 0. The van der Waals surface area contributed by atoms with E-state index in [1.165, 1.54) is 0 Å². The molecule has 0 rings (SSSR count). The van der Waals surface area contributed by atoms with Crippen molar-refractivity contribution >= 4 is 53.5 Å². The third-order valence-electron chi connectivity index (χ3n) is 0. The van der Waals surface area contributed by atoms with Gasteiger partial charge in [-0.15, -0.1) is 24.0 Å². The Hall–Kier alpha value is 1.22. The van der Waals surface area contributed by atoms with Crippen molar-refractivity contribution in [2.24, 2.45) is 0 Å². The molecule has 0 amide bonds. The van der Waals surface area contributed by atoms with Gasteiger partial charge in [-0.25, -0.2) is 5.26 Å². The summed E-state index contributed by atoms with van der Waals surface area (Å²) < 4.78 is 0. The topological polar surface area (TPSA) is 23.8 Å². The van der Waals surface area contributed by atoms with Gasteiger partial charge in [-0.3, -0.25) is 0 Å². The maximum atomic E-state index is 6.50. The van der Waals surface area contributed by atoms with Gasteiger partial charge in [-0.2, -0.15) is 0 Å². The summed E-state index contributed by atoms with van der Waals surface area (Å²) in [4.78, 5) is 0. The van der Waals surface area contributed by atoms with E-state index in [4.69, 9.17) is 5.26 Å². The number of nitrogens with zero attached hydrogens (tertiary/aromatic N) is 1. The van der Waals surface area contributed by atoms with Gasteiger partial charge in [0.25, 0.3) is 0 Å². The summed E-state index contributed by atoms with van der Waals surface area (Å²) >= 11 is 0. The summed E-state index contributed by atoms with van der Waals surface area (Å²) in [6.45, 7) is 3.50. The van der Waals surface area contributed by atoms with Crippen LogP contribution in [0.4, 0.5) is 0 Å². The molecule has 0 saturated heterocycles. The quantitative estimate of drug-likeness (QED) is 0.382. The molecule has 0 atom stereocenters. The Morgan fingerprint density at radius 3 is 1.25 bits per heavy atom. The molecule has 0 radical (unpaired) electrons. The Bertz CT molecular complexity index is 12.8. The fraction of sp³-hybridized carbons (Fsp3) is 0. The first-order valence-corrected chi connectivity index (χ1v) is 0.258. The van der Waals surface area contributed by atoms with Crippen LogP contribution in [-0.2, 0) is 0 Å². The first-order chi connectivity index (χ1) is 1.00. The second-order valence-corrected chi connectivity index (χ2v) is 0. The van der Waals surface area contributed by atoms with E-state index in [1.54, 1.807) is 0 Å². The predicted octanol–water partition coefficient (Wildman–Crippen LogP) is 0.109. The van der Waals surface area contributed by atoms with Crippen LogP contribution < -0.4 is 0 Å². The molecule has 0 spiro atoms. The number of hydrogen-bond acceptors (Lipinski definition) is 1. The maximum absolute atomic E-state index is 6.50. The molecular weight excluding hydrogens is 176 g/mol. The van der Waals surface area contributed by atoms with E-state index < -0.39 is 0 Å². The van der Waals surface area contributed by atoms with Gasteiger partial charge >= 0.3 is 29.6 Å². The zero-order chi connectivity index (χ0) is 2.00. The van der Waals surface area contributed by atoms with E-state index in [9.17, 15) is 0 Å². The normalized spacial score (nSPS) is 0.500. The summed E-state index contributed by atoms with van der Waals surface area (Å²) in [5.41, 5.74) is 0.